The topological polar surface area (TPSA) is 143 Å². The first-order chi connectivity index (χ1) is 18.1. The van der Waals surface area contributed by atoms with E-state index >= 15 is 0 Å². The summed E-state index contributed by atoms with van der Waals surface area (Å²) in [6, 6.07) is 23.7. The Morgan fingerprint density at radius 2 is 1.86 bits per heavy atom. The van der Waals surface area contributed by atoms with Crippen molar-refractivity contribution in [3.8, 4) is 5.75 Å². The Morgan fingerprint density at radius 1 is 1.14 bits per heavy atom. The molecule has 3 aromatic rings. The summed E-state index contributed by atoms with van der Waals surface area (Å²) >= 11 is 0. The Bertz CT molecular complexity index is 1330. The molecular weight excluding hydrogens is 470 g/mol. The molecular formula is C28H27N5O4. The summed E-state index contributed by atoms with van der Waals surface area (Å²) in [6.07, 6.45) is 3.52. The maximum atomic E-state index is 13.1. The number of azide groups is 1. The summed E-state index contributed by atoms with van der Waals surface area (Å²) in [7, 11) is 0. The van der Waals surface area contributed by atoms with Crippen LogP contribution in [0.1, 0.15) is 35.6 Å². The Morgan fingerprint density at radius 3 is 2.57 bits per heavy atom. The summed E-state index contributed by atoms with van der Waals surface area (Å²) in [4.78, 5) is 20.7. The van der Waals surface area contributed by atoms with Gasteiger partial charge in [-0.1, -0.05) is 71.9 Å². The number of aliphatic imine (C=N–C) groups is 1. The molecule has 1 amide bonds. The lowest BCUT2D eigenvalue weighted by molar-refractivity contribution is -0.125. The number of hydrogen-bond donors (Lipinski definition) is 2. The second-order valence-corrected chi connectivity index (χ2v) is 8.42. The molecule has 1 heterocycles. The van der Waals surface area contributed by atoms with E-state index in [4.69, 9.17) is 30.8 Å². The molecule has 9 nitrogen and oxygen atoms in total. The van der Waals surface area contributed by atoms with E-state index in [2.05, 4.69) is 10.0 Å². The van der Waals surface area contributed by atoms with Crippen molar-refractivity contribution in [1.29, 1.82) is 0 Å². The van der Waals surface area contributed by atoms with Gasteiger partial charge in [-0.15, -0.1) is 0 Å². The van der Waals surface area contributed by atoms with Crippen LogP contribution in [0, 0.1) is 0 Å². The normalized spacial score (nSPS) is 18.6. The highest BCUT2D eigenvalue weighted by molar-refractivity contribution is 6.01. The molecule has 0 saturated heterocycles. The fourth-order valence-corrected chi connectivity index (χ4v) is 4.10. The molecule has 37 heavy (non-hydrogen) atoms. The molecule has 0 bridgehead atoms. The van der Waals surface area contributed by atoms with Gasteiger partial charge in [-0.05, 0) is 35.4 Å². The second-order valence-electron chi connectivity index (χ2n) is 8.42. The number of nitrogens with two attached hydrogens (primary N) is 1. The highest BCUT2D eigenvalue weighted by atomic mass is 16.5. The van der Waals surface area contributed by atoms with Gasteiger partial charge in [-0.25, -0.2) is 4.99 Å². The van der Waals surface area contributed by atoms with Gasteiger partial charge in [0.1, 0.15) is 5.75 Å². The van der Waals surface area contributed by atoms with Crippen LogP contribution in [0.2, 0.25) is 0 Å². The van der Waals surface area contributed by atoms with Gasteiger partial charge >= 0.3 is 0 Å². The highest BCUT2D eigenvalue weighted by Crippen LogP contribution is 2.45. The van der Waals surface area contributed by atoms with Crippen molar-refractivity contribution in [2.24, 2.45) is 15.8 Å². The van der Waals surface area contributed by atoms with Gasteiger partial charge in [0, 0.05) is 41.2 Å². The average molecular weight is 498 g/mol. The van der Waals surface area contributed by atoms with Crippen molar-refractivity contribution < 1.29 is 19.4 Å². The second kappa shape index (κ2) is 11.9. The number of aliphatic hydroxyl groups is 1. The molecule has 0 saturated carbocycles. The van der Waals surface area contributed by atoms with Crippen molar-refractivity contribution in [2.75, 3.05) is 13.2 Å². The van der Waals surface area contributed by atoms with Crippen LogP contribution in [-0.2, 0) is 9.53 Å². The molecule has 0 radical (unpaired) electrons. The van der Waals surface area contributed by atoms with Crippen molar-refractivity contribution in [1.82, 2.24) is 0 Å². The number of carbonyl (C=O) groups is 1. The Labute approximate surface area is 214 Å². The van der Waals surface area contributed by atoms with Gasteiger partial charge in [0.15, 0.2) is 11.6 Å². The number of hydrogen-bond acceptors (Lipinski definition) is 6. The van der Waals surface area contributed by atoms with Crippen molar-refractivity contribution in [3.63, 3.8) is 0 Å². The summed E-state index contributed by atoms with van der Waals surface area (Å²) in [6.45, 7) is 0.444. The van der Waals surface area contributed by atoms with E-state index in [9.17, 15) is 4.79 Å². The summed E-state index contributed by atoms with van der Waals surface area (Å²) in [5, 5.41) is 12.7. The van der Waals surface area contributed by atoms with Crippen LogP contribution in [0.4, 0.5) is 5.69 Å². The molecule has 0 spiro atoms. The lowest BCUT2D eigenvalue weighted by Gasteiger charge is -2.28. The number of rotatable bonds is 11. The summed E-state index contributed by atoms with van der Waals surface area (Å²) in [5.41, 5.74) is 16.0. The van der Waals surface area contributed by atoms with Crippen molar-refractivity contribution >= 4 is 23.6 Å². The van der Waals surface area contributed by atoms with E-state index < -0.39 is 17.6 Å². The minimum Gasteiger partial charge on any atom is -0.494 e. The molecule has 4 rings (SSSR count). The Balaban J connectivity index is 1.73. The third kappa shape index (κ3) is 5.81. The molecule has 9 heteroatoms. The number of amides is 1. The van der Waals surface area contributed by atoms with Gasteiger partial charge in [0.2, 0.25) is 11.8 Å². The largest absolute Gasteiger partial charge is 0.494 e. The first kappa shape index (κ1) is 25.5. The quantitative estimate of drug-likeness (QED) is 0.162. The zero-order chi connectivity index (χ0) is 26.1. The third-order valence-electron chi connectivity index (χ3n) is 5.97. The van der Waals surface area contributed by atoms with E-state index in [1.165, 1.54) is 0 Å². The summed E-state index contributed by atoms with van der Waals surface area (Å²) in [5.74, 6) is 0.215. The van der Waals surface area contributed by atoms with Crippen LogP contribution in [0.3, 0.4) is 0 Å². The Hall–Kier alpha value is -4.59. The van der Waals surface area contributed by atoms with Crippen LogP contribution < -0.4 is 10.5 Å². The van der Waals surface area contributed by atoms with Crippen LogP contribution >= 0.6 is 0 Å². The molecule has 1 aliphatic heterocycles. The number of nitrogens with zero attached hydrogens (tertiary/aromatic N) is 4. The van der Waals surface area contributed by atoms with Crippen molar-refractivity contribution in [3.05, 3.63) is 112 Å². The maximum Gasteiger partial charge on any atom is 0.250 e. The first-order valence-corrected chi connectivity index (χ1v) is 11.8. The van der Waals surface area contributed by atoms with Crippen LogP contribution in [-0.4, -0.2) is 35.7 Å². The van der Waals surface area contributed by atoms with Crippen LogP contribution in [0.25, 0.3) is 16.5 Å². The smallest absolute Gasteiger partial charge is 0.250 e. The van der Waals surface area contributed by atoms with Crippen molar-refractivity contribution in [2.45, 2.75) is 24.5 Å². The molecule has 188 valence electrons. The van der Waals surface area contributed by atoms with E-state index in [0.29, 0.717) is 35.6 Å². The molecule has 2 atom stereocenters. The van der Waals surface area contributed by atoms with Gasteiger partial charge < -0.3 is 20.3 Å². The molecule has 3 aromatic carbocycles. The maximum absolute atomic E-state index is 13.1. The minimum atomic E-state index is -1.47. The van der Waals surface area contributed by atoms with Gasteiger partial charge in [0.25, 0.3) is 0 Å². The first-order valence-electron chi connectivity index (χ1n) is 11.8. The monoisotopic (exact) mass is 497 g/mol. The molecule has 3 N–H and O–H groups in total. The fourth-order valence-electron chi connectivity index (χ4n) is 4.10. The third-order valence-corrected chi connectivity index (χ3v) is 5.97. The fraction of sp³-hybridized carbons (Fsp3) is 0.214. The SMILES string of the molecule is [N-]=[N+]=Nc1ccccc1[C@H]1OC(c2ccc(OCCCO)cc2)=N[C@@]1(C/C=C/c1ccccc1)C(N)=O. The molecule has 0 unspecified atom stereocenters. The predicted molar refractivity (Wildman–Crippen MR) is 141 cm³/mol. The van der Waals surface area contributed by atoms with Gasteiger partial charge in [0.05, 0.1) is 6.61 Å². The lowest BCUT2D eigenvalue weighted by atomic mass is 9.84. The molecule has 1 aliphatic rings. The van der Waals surface area contributed by atoms with Gasteiger partial charge in [-0.2, -0.15) is 0 Å². The van der Waals surface area contributed by atoms with E-state index in [1.807, 2.05) is 42.5 Å². The number of aliphatic hydroxyl groups excluding tert-OH is 1. The minimum absolute atomic E-state index is 0.0510. The van der Waals surface area contributed by atoms with E-state index in [-0.39, 0.29) is 18.9 Å². The molecule has 0 fully saturated rings. The number of benzene rings is 3. The van der Waals surface area contributed by atoms with E-state index in [1.54, 1.807) is 48.5 Å². The number of primary amides is 1. The molecule has 0 aliphatic carbocycles. The standard InChI is InChI=1S/C28H27N5O4/c29-27(35)28(17-6-10-20-8-2-1-3-9-20)25(23-11-4-5-12-24(23)32-33-30)37-26(31-28)21-13-15-22(16-14-21)36-19-7-18-34/h1-6,8-16,25,34H,7,17-19H2,(H2,29,35)/b10-6+/t25-,28-/m1/s1. The van der Waals surface area contributed by atoms with Crippen LogP contribution in [0.5, 0.6) is 5.75 Å². The van der Waals surface area contributed by atoms with E-state index in [0.717, 1.165) is 5.56 Å². The Kier molecular flexibility index (Phi) is 8.20. The zero-order valence-electron chi connectivity index (χ0n) is 20.1. The predicted octanol–water partition coefficient (Wildman–Crippen LogP) is 5.24. The average Bonchev–Trinajstić information content (AvgIpc) is 3.31. The summed E-state index contributed by atoms with van der Waals surface area (Å²) < 4.78 is 11.9. The zero-order valence-corrected chi connectivity index (χ0v) is 20.1. The lowest BCUT2D eigenvalue weighted by Crippen LogP contribution is -2.45. The highest BCUT2D eigenvalue weighted by Gasteiger charge is 2.52. The van der Waals surface area contributed by atoms with Gasteiger partial charge in [-0.3, -0.25) is 4.79 Å². The number of carbonyl (C=O) groups excluding carboxylic acids is 1. The number of ether oxygens (including phenoxy) is 2. The van der Waals surface area contributed by atoms with Crippen LogP contribution in [0.15, 0.2) is 95.0 Å². The molecule has 0 aromatic heterocycles.